The molecule has 3 rings (SSSR count). The predicted molar refractivity (Wildman–Crippen MR) is 114 cm³/mol. The number of carbonyl (C=O) groups excluding carboxylic acids is 1. The highest BCUT2D eigenvalue weighted by Gasteiger charge is 2.21. The first-order chi connectivity index (χ1) is 14.8. The van der Waals surface area contributed by atoms with Gasteiger partial charge in [0.2, 0.25) is 0 Å². The SMILES string of the molecule is CC(C)c1nc(CCCOC(N)=O)n(Cc2ccncc2)c1Sc1cc(F)cc(F)c1. The fourth-order valence-corrected chi connectivity index (χ4v) is 4.35. The second-order valence-corrected chi connectivity index (χ2v) is 8.36. The molecule has 6 nitrogen and oxygen atoms in total. The highest BCUT2D eigenvalue weighted by Crippen LogP contribution is 2.36. The van der Waals surface area contributed by atoms with E-state index in [-0.39, 0.29) is 12.5 Å². The van der Waals surface area contributed by atoms with Gasteiger partial charge in [-0.15, -0.1) is 0 Å². The van der Waals surface area contributed by atoms with Crippen molar-refractivity contribution in [2.45, 2.75) is 49.1 Å². The third-order valence-electron chi connectivity index (χ3n) is 4.50. The molecule has 0 radical (unpaired) electrons. The summed E-state index contributed by atoms with van der Waals surface area (Å²) >= 11 is 1.28. The first-order valence-corrected chi connectivity index (χ1v) is 10.7. The monoisotopic (exact) mass is 446 g/mol. The summed E-state index contributed by atoms with van der Waals surface area (Å²) in [7, 11) is 0. The molecule has 0 aliphatic heterocycles. The number of pyridine rings is 1. The van der Waals surface area contributed by atoms with Crippen molar-refractivity contribution < 1.29 is 18.3 Å². The van der Waals surface area contributed by atoms with Crippen LogP contribution in [-0.2, 0) is 17.7 Å². The van der Waals surface area contributed by atoms with Gasteiger partial charge in [-0.05, 0) is 42.2 Å². The zero-order chi connectivity index (χ0) is 22.4. The van der Waals surface area contributed by atoms with E-state index in [0.29, 0.717) is 24.3 Å². The zero-order valence-electron chi connectivity index (χ0n) is 17.3. The summed E-state index contributed by atoms with van der Waals surface area (Å²) in [6.07, 6.45) is 3.71. The second-order valence-electron chi connectivity index (χ2n) is 7.29. The number of aromatic nitrogens is 3. The van der Waals surface area contributed by atoms with Gasteiger partial charge < -0.3 is 15.0 Å². The first kappa shape index (κ1) is 22.7. The van der Waals surface area contributed by atoms with Crippen LogP contribution in [0, 0.1) is 11.6 Å². The van der Waals surface area contributed by atoms with E-state index >= 15 is 0 Å². The number of imidazole rings is 1. The third kappa shape index (κ3) is 6.27. The van der Waals surface area contributed by atoms with Crippen LogP contribution in [0.2, 0.25) is 0 Å². The summed E-state index contributed by atoms with van der Waals surface area (Å²) in [5, 5.41) is 0.822. The molecule has 0 spiro atoms. The average Bonchev–Trinajstić information content (AvgIpc) is 3.02. The minimum absolute atomic E-state index is 0.0974. The number of ether oxygens (including phenoxy) is 1. The van der Waals surface area contributed by atoms with E-state index < -0.39 is 17.7 Å². The van der Waals surface area contributed by atoms with E-state index in [0.717, 1.165) is 28.2 Å². The van der Waals surface area contributed by atoms with Gasteiger partial charge in [0.15, 0.2) is 0 Å². The van der Waals surface area contributed by atoms with E-state index in [1.165, 1.54) is 23.9 Å². The van der Waals surface area contributed by atoms with Crippen LogP contribution < -0.4 is 5.73 Å². The smallest absolute Gasteiger partial charge is 0.404 e. The molecule has 0 fully saturated rings. The molecule has 0 aliphatic rings. The standard InChI is InChI=1S/C22H24F2N4O2S/c1-14(2)20-21(31-18-11-16(23)10-17(24)12-18)28(13-15-5-7-26-8-6-15)19(27-20)4-3-9-30-22(25)29/h5-8,10-12,14H,3-4,9,13H2,1-2H3,(H2,25,29). The fourth-order valence-electron chi connectivity index (χ4n) is 3.11. The number of hydrogen-bond donors (Lipinski definition) is 1. The molecule has 1 aromatic carbocycles. The lowest BCUT2D eigenvalue weighted by Gasteiger charge is -2.14. The van der Waals surface area contributed by atoms with Crippen molar-refractivity contribution in [2.24, 2.45) is 5.73 Å². The van der Waals surface area contributed by atoms with Crippen molar-refractivity contribution in [2.75, 3.05) is 6.61 Å². The lowest BCUT2D eigenvalue weighted by Crippen LogP contribution is -2.14. The molecule has 0 bridgehead atoms. The Morgan fingerprint density at radius 2 is 1.87 bits per heavy atom. The van der Waals surface area contributed by atoms with Gasteiger partial charge in [-0.1, -0.05) is 25.6 Å². The normalized spacial score (nSPS) is 11.1. The molecule has 0 saturated carbocycles. The number of nitrogens with zero attached hydrogens (tertiary/aromatic N) is 3. The summed E-state index contributed by atoms with van der Waals surface area (Å²) in [5.41, 5.74) is 6.89. The molecule has 2 N–H and O–H groups in total. The summed E-state index contributed by atoms with van der Waals surface area (Å²) in [6.45, 7) is 4.76. The zero-order valence-corrected chi connectivity index (χ0v) is 18.2. The largest absolute Gasteiger partial charge is 0.450 e. The number of hydrogen-bond acceptors (Lipinski definition) is 5. The number of amides is 1. The number of aryl methyl sites for hydroxylation is 1. The summed E-state index contributed by atoms with van der Waals surface area (Å²) in [4.78, 5) is 20.2. The molecule has 3 aromatic rings. The van der Waals surface area contributed by atoms with E-state index in [1.807, 2.05) is 30.5 Å². The van der Waals surface area contributed by atoms with Gasteiger partial charge in [0.05, 0.1) is 12.3 Å². The van der Waals surface area contributed by atoms with Gasteiger partial charge in [-0.25, -0.2) is 18.6 Å². The van der Waals surface area contributed by atoms with Crippen molar-refractivity contribution in [3.63, 3.8) is 0 Å². The molecule has 2 heterocycles. The molecule has 31 heavy (non-hydrogen) atoms. The maximum atomic E-state index is 13.8. The van der Waals surface area contributed by atoms with E-state index in [2.05, 4.69) is 4.98 Å². The Morgan fingerprint density at radius 3 is 2.48 bits per heavy atom. The van der Waals surface area contributed by atoms with Gasteiger partial charge in [0, 0.05) is 36.3 Å². The van der Waals surface area contributed by atoms with Crippen LogP contribution >= 0.6 is 11.8 Å². The molecular formula is C22H24F2N4O2S. The Morgan fingerprint density at radius 1 is 1.19 bits per heavy atom. The van der Waals surface area contributed by atoms with Crippen molar-refractivity contribution in [1.82, 2.24) is 14.5 Å². The maximum Gasteiger partial charge on any atom is 0.404 e. The van der Waals surface area contributed by atoms with Crippen LogP contribution in [0.15, 0.2) is 52.6 Å². The summed E-state index contributed by atoms with van der Waals surface area (Å²) in [5.74, 6) is -0.358. The van der Waals surface area contributed by atoms with Gasteiger partial charge in [0.1, 0.15) is 22.5 Å². The quantitative estimate of drug-likeness (QED) is 0.473. The van der Waals surface area contributed by atoms with Crippen molar-refractivity contribution in [3.05, 3.63) is 71.4 Å². The van der Waals surface area contributed by atoms with Crippen molar-refractivity contribution in [3.8, 4) is 0 Å². The number of benzene rings is 1. The molecule has 1 amide bonds. The molecule has 164 valence electrons. The molecule has 0 atom stereocenters. The number of halogens is 2. The molecular weight excluding hydrogens is 422 g/mol. The van der Waals surface area contributed by atoms with Gasteiger partial charge >= 0.3 is 6.09 Å². The van der Waals surface area contributed by atoms with Crippen LogP contribution in [0.1, 0.15) is 43.3 Å². The first-order valence-electron chi connectivity index (χ1n) is 9.88. The van der Waals surface area contributed by atoms with Gasteiger partial charge in [0.25, 0.3) is 0 Å². The van der Waals surface area contributed by atoms with Crippen LogP contribution in [0.3, 0.4) is 0 Å². The van der Waals surface area contributed by atoms with Crippen molar-refractivity contribution in [1.29, 1.82) is 0 Å². The number of rotatable bonds is 9. The Hall–Kier alpha value is -2.94. The molecule has 0 unspecified atom stereocenters. The van der Waals surface area contributed by atoms with Crippen LogP contribution in [0.25, 0.3) is 0 Å². The third-order valence-corrected chi connectivity index (χ3v) is 5.60. The molecule has 9 heteroatoms. The topological polar surface area (TPSA) is 83.0 Å². The van der Waals surface area contributed by atoms with Gasteiger partial charge in [-0.3, -0.25) is 4.98 Å². The maximum absolute atomic E-state index is 13.8. The minimum atomic E-state index is -0.813. The summed E-state index contributed by atoms with van der Waals surface area (Å²) in [6, 6.07) is 7.28. The Labute approximate surface area is 183 Å². The predicted octanol–water partition coefficient (Wildman–Crippen LogP) is 4.91. The lowest BCUT2D eigenvalue weighted by molar-refractivity contribution is 0.155. The van der Waals surface area contributed by atoms with Crippen LogP contribution in [0.5, 0.6) is 0 Å². The lowest BCUT2D eigenvalue weighted by atomic mass is 10.1. The fraction of sp³-hybridized carbons (Fsp3) is 0.318. The average molecular weight is 447 g/mol. The Kier molecular flexibility index (Phi) is 7.62. The second kappa shape index (κ2) is 10.4. The van der Waals surface area contributed by atoms with E-state index in [9.17, 15) is 13.6 Å². The highest BCUT2D eigenvalue weighted by molar-refractivity contribution is 7.99. The minimum Gasteiger partial charge on any atom is -0.450 e. The highest BCUT2D eigenvalue weighted by atomic mass is 32.2. The van der Waals surface area contributed by atoms with E-state index in [1.54, 1.807) is 12.4 Å². The Bertz CT molecular complexity index is 1020. The molecule has 0 saturated heterocycles. The molecule has 0 aliphatic carbocycles. The number of carbonyl (C=O) groups is 1. The number of primary amides is 1. The Balaban J connectivity index is 1.99. The van der Waals surface area contributed by atoms with Crippen LogP contribution in [-0.4, -0.2) is 27.2 Å². The number of nitrogens with two attached hydrogens (primary N) is 1. The molecule has 2 aromatic heterocycles. The van der Waals surface area contributed by atoms with Crippen LogP contribution in [0.4, 0.5) is 13.6 Å². The van der Waals surface area contributed by atoms with E-state index in [4.69, 9.17) is 15.5 Å². The van der Waals surface area contributed by atoms with Crippen molar-refractivity contribution >= 4 is 17.9 Å². The van der Waals surface area contributed by atoms with Gasteiger partial charge in [-0.2, -0.15) is 0 Å². The summed E-state index contributed by atoms with van der Waals surface area (Å²) < 4.78 is 34.4.